The van der Waals surface area contributed by atoms with Gasteiger partial charge >= 0.3 is 12.1 Å². The van der Waals surface area contributed by atoms with Crippen LogP contribution in [0.2, 0.25) is 0 Å². The van der Waals surface area contributed by atoms with Crippen LogP contribution in [0.1, 0.15) is 51.3 Å². The summed E-state index contributed by atoms with van der Waals surface area (Å²) in [7, 11) is 0. The topological polar surface area (TPSA) is 48.3 Å². The van der Waals surface area contributed by atoms with Gasteiger partial charge in [-0.15, -0.1) is 6.58 Å². The second-order valence-electron chi connectivity index (χ2n) is 6.98. The second-order valence-corrected chi connectivity index (χ2v) is 6.98. The van der Waals surface area contributed by atoms with Gasteiger partial charge in [-0.3, -0.25) is 4.79 Å². The minimum Gasteiger partial charge on any atom is -0.464 e. The molecule has 140 valence electrons. The van der Waals surface area contributed by atoms with Crippen molar-refractivity contribution in [2.75, 3.05) is 6.61 Å². The number of hydrogen-bond acceptors (Lipinski definition) is 3. The molecule has 1 atom stereocenters. The maximum absolute atomic E-state index is 13.2. The van der Waals surface area contributed by atoms with Crippen LogP contribution in [-0.2, 0) is 22.1 Å². The van der Waals surface area contributed by atoms with E-state index in [0.717, 1.165) is 10.8 Å². The molecule has 0 aromatic carbocycles. The number of esters is 1. The summed E-state index contributed by atoms with van der Waals surface area (Å²) in [6.07, 6.45) is -2.05. The molecule has 1 aromatic rings. The van der Waals surface area contributed by atoms with Crippen molar-refractivity contribution in [2.24, 2.45) is 5.41 Å². The summed E-state index contributed by atoms with van der Waals surface area (Å²) in [6, 6.07) is -0.452. The number of hydrogen-bond donors (Lipinski definition) is 0. The lowest BCUT2D eigenvalue weighted by Crippen LogP contribution is -2.34. The van der Waals surface area contributed by atoms with E-state index in [9.17, 15) is 22.8 Å². The molecule has 0 saturated carbocycles. The van der Waals surface area contributed by atoms with Gasteiger partial charge < -0.3 is 9.30 Å². The predicted molar refractivity (Wildman–Crippen MR) is 89.3 cm³/mol. The molecule has 1 rings (SSSR count). The number of allylic oxidation sites excluding steroid dienone is 1. The molecule has 0 spiro atoms. The van der Waals surface area contributed by atoms with Gasteiger partial charge in [0.2, 0.25) is 0 Å². The summed E-state index contributed by atoms with van der Waals surface area (Å²) in [4.78, 5) is 24.6. The van der Waals surface area contributed by atoms with Crippen LogP contribution in [0.25, 0.3) is 0 Å². The molecule has 0 bridgehead atoms. The van der Waals surface area contributed by atoms with E-state index in [1.54, 1.807) is 6.92 Å². The molecule has 0 amide bonds. The van der Waals surface area contributed by atoms with Gasteiger partial charge in [-0.2, -0.15) is 13.2 Å². The van der Waals surface area contributed by atoms with Gasteiger partial charge in [-0.25, -0.2) is 4.79 Å². The number of alkyl halides is 3. The first-order valence-corrected chi connectivity index (χ1v) is 8.00. The molecule has 0 aliphatic rings. The van der Waals surface area contributed by atoms with E-state index >= 15 is 0 Å². The van der Waals surface area contributed by atoms with Crippen LogP contribution in [-0.4, -0.2) is 17.1 Å². The Bertz CT molecular complexity index is 684. The molecule has 1 unspecified atom stereocenters. The third-order valence-corrected chi connectivity index (χ3v) is 3.53. The van der Waals surface area contributed by atoms with Crippen molar-refractivity contribution >= 4 is 5.97 Å². The van der Waals surface area contributed by atoms with E-state index in [2.05, 4.69) is 6.58 Å². The van der Waals surface area contributed by atoms with E-state index in [4.69, 9.17) is 4.74 Å². The van der Waals surface area contributed by atoms with Crippen molar-refractivity contribution in [3.63, 3.8) is 0 Å². The third-order valence-electron chi connectivity index (χ3n) is 3.53. The maximum Gasteiger partial charge on any atom is 0.416 e. The highest BCUT2D eigenvalue weighted by Crippen LogP contribution is 2.33. The highest BCUT2D eigenvalue weighted by Gasteiger charge is 2.35. The standard InChI is InChI=1S/C18H24F3NO3/c1-6-8-12-11-22(15(23)9-13(12)18(19,20)21)14(10-17(3,4)5)16(24)25-7-2/h6,9,11,14H,1,7-8,10H2,2-5H3. The molecule has 4 nitrogen and oxygen atoms in total. The monoisotopic (exact) mass is 359 g/mol. The van der Waals surface area contributed by atoms with Crippen LogP contribution < -0.4 is 5.56 Å². The van der Waals surface area contributed by atoms with Crippen LogP contribution >= 0.6 is 0 Å². The van der Waals surface area contributed by atoms with Gasteiger partial charge in [-0.1, -0.05) is 26.8 Å². The van der Waals surface area contributed by atoms with Crippen molar-refractivity contribution < 1.29 is 22.7 Å². The van der Waals surface area contributed by atoms with Crippen LogP contribution in [0.5, 0.6) is 0 Å². The largest absolute Gasteiger partial charge is 0.464 e. The van der Waals surface area contributed by atoms with Crippen LogP contribution in [0.4, 0.5) is 13.2 Å². The SMILES string of the molecule is C=CCc1cn(C(CC(C)(C)C)C(=O)OCC)c(=O)cc1C(F)(F)F. The Morgan fingerprint density at radius 1 is 1.36 bits per heavy atom. The number of nitrogens with zero attached hydrogens (tertiary/aromatic N) is 1. The fourth-order valence-electron chi connectivity index (χ4n) is 2.53. The molecule has 0 radical (unpaired) electrons. The molecule has 0 fully saturated rings. The molecule has 25 heavy (non-hydrogen) atoms. The molecular formula is C18H24F3NO3. The Morgan fingerprint density at radius 3 is 2.40 bits per heavy atom. The molecule has 1 aromatic heterocycles. The van der Waals surface area contributed by atoms with Crippen molar-refractivity contribution in [3.8, 4) is 0 Å². The number of aromatic nitrogens is 1. The fourth-order valence-corrected chi connectivity index (χ4v) is 2.53. The van der Waals surface area contributed by atoms with E-state index in [0.29, 0.717) is 6.07 Å². The predicted octanol–water partition coefficient (Wildman–Crippen LogP) is 4.14. The van der Waals surface area contributed by atoms with E-state index in [1.165, 1.54) is 6.08 Å². The average Bonchev–Trinajstić information content (AvgIpc) is 2.45. The van der Waals surface area contributed by atoms with Crippen molar-refractivity contribution in [3.05, 3.63) is 46.4 Å². The van der Waals surface area contributed by atoms with Crippen molar-refractivity contribution in [2.45, 2.75) is 52.8 Å². The highest BCUT2D eigenvalue weighted by molar-refractivity contribution is 5.74. The first-order valence-electron chi connectivity index (χ1n) is 8.00. The summed E-state index contributed by atoms with van der Waals surface area (Å²) in [6.45, 7) is 10.8. The molecule has 0 saturated heterocycles. The molecule has 1 heterocycles. The van der Waals surface area contributed by atoms with Crippen molar-refractivity contribution in [1.82, 2.24) is 4.57 Å². The lowest BCUT2D eigenvalue weighted by atomic mass is 9.87. The van der Waals surface area contributed by atoms with E-state index in [1.807, 2.05) is 20.8 Å². The Hall–Kier alpha value is -2.05. The number of rotatable bonds is 6. The highest BCUT2D eigenvalue weighted by atomic mass is 19.4. The third kappa shape index (κ3) is 5.76. The minimum atomic E-state index is -4.65. The normalized spacial score (nSPS) is 13.4. The Labute approximate surface area is 145 Å². The molecule has 0 aliphatic carbocycles. The molecule has 0 aliphatic heterocycles. The molecule has 0 N–H and O–H groups in total. The van der Waals surface area contributed by atoms with Gasteiger partial charge in [0.1, 0.15) is 6.04 Å². The van der Waals surface area contributed by atoms with E-state index < -0.39 is 29.3 Å². The second kappa shape index (κ2) is 7.89. The first kappa shape index (κ1) is 21.0. The summed E-state index contributed by atoms with van der Waals surface area (Å²) in [5.74, 6) is -0.635. The number of ether oxygens (including phenoxy) is 1. The first-order chi connectivity index (χ1) is 11.4. The van der Waals surface area contributed by atoms with E-state index in [-0.39, 0.29) is 30.4 Å². The zero-order valence-electron chi connectivity index (χ0n) is 14.9. The zero-order chi connectivity index (χ0) is 19.4. The quantitative estimate of drug-likeness (QED) is 0.567. The summed E-state index contributed by atoms with van der Waals surface area (Å²) < 4.78 is 45.5. The lowest BCUT2D eigenvalue weighted by Gasteiger charge is -2.27. The number of pyridine rings is 1. The van der Waals surface area contributed by atoms with Gasteiger partial charge in [-0.05, 0) is 30.7 Å². The lowest BCUT2D eigenvalue weighted by molar-refractivity contribution is -0.148. The van der Waals surface area contributed by atoms with Gasteiger partial charge in [0.05, 0.1) is 12.2 Å². The van der Waals surface area contributed by atoms with Crippen molar-refractivity contribution in [1.29, 1.82) is 0 Å². The number of carbonyl (C=O) groups is 1. The van der Waals surface area contributed by atoms with Crippen LogP contribution in [0.15, 0.2) is 29.7 Å². The van der Waals surface area contributed by atoms with Gasteiger partial charge in [0.15, 0.2) is 0 Å². The Kier molecular flexibility index (Phi) is 6.62. The Balaban J connectivity index is 3.53. The maximum atomic E-state index is 13.2. The van der Waals surface area contributed by atoms with Gasteiger partial charge in [0, 0.05) is 12.3 Å². The van der Waals surface area contributed by atoms with Crippen LogP contribution in [0, 0.1) is 5.41 Å². The number of carbonyl (C=O) groups excluding carboxylic acids is 1. The smallest absolute Gasteiger partial charge is 0.416 e. The summed E-state index contributed by atoms with van der Waals surface area (Å²) in [5.41, 5.74) is -2.34. The molecule has 7 heteroatoms. The minimum absolute atomic E-state index is 0.0693. The summed E-state index contributed by atoms with van der Waals surface area (Å²) >= 11 is 0. The zero-order valence-corrected chi connectivity index (χ0v) is 14.9. The number of halogens is 3. The Morgan fingerprint density at radius 2 is 1.96 bits per heavy atom. The van der Waals surface area contributed by atoms with Gasteiger partial charge in [0.25, 0.3) is 5.56 Å². The molecular weight excluding hydrogens is 335 g/mol. The summed E-state index contributed by atoms with van der Waals surface area (Å²) in [5, 5.41) is 0. The average molecular weight is 359 g/mol. The fraction of sp³-hybridized carbons (Fsp3) is 0.556. The van der Waals surface area contributed by atoms with Crippen LogP contribution in [0.3, 0.4) is 0 Å².